The Morgan fingerprint density at radius 1 is 1.25 bits per heavy atom. The third kappa shape index (κ3) is 2.24. The van der Waals surface area contributed by atoms with Crippen molar-refractivity contribution >= 4 is 27.7 Å². The first-order chi connectivity index (χ1) is 11.3. The van der Waals surface area contributed by atoms with Crippen molar-refractivity contribution in [2.75, 3.05) is 14.2 Å². The summed E-state index contributed by atoms with van der Waals surface area (Å²) < 4.78 is 10.5. The van der Waals surface area contributed by atoms with Gasteiger partial charge in [-0.1, -0.05) is 29.3 Å². The second-order valence-electron chi connectivity index (χ2n) is 7.34. The molecule has 1 fully saturated rings. The minimum atomic E-state index is -0.688. The van der Waals surface area contributed by atoms with E-state index in [1.165, 1.54) is 7.11 Å². The van der Waals surface area contributed by atoms with Gasteiger partial charge in [0, 0.05) is 11.5 Å². The van der Waals surface area contributed by atoms with Gasteiger partial charge < -0.3 is 9.47 Å². The molecule has 1 unspecified atom stereocenters. The monoisotopic (exact) mass is 394 g/mol. The number of carbonyl (C=O) groups excluding carboxylic acids is 2. The highest BCUT2D eigenvalue weighted by Gasteiger charge is 2.60. The van der Waals surface area contributed by atoms with Crippen LogP contribution in [-0.2, 0) is 14.9 Å². The molecule has 0 aromatic heterocycles. The summed E-state index contributed by atoms with van der Waals surface area (Å²) in [6.45, 7) is 4.10. The Morgan fingerprint density at radius 2 is 1.96 bits per heavy atom. The summed E-state index contributed by atoms with van der Waals surface area (Å²) in [5.74, 6) is 0.382. The molecule has 5 heteroatoms. The maximum atomic E-state index is 13.0. The van der Waals surface area contributed by atoms with Gasteiger partial charge in [-0.3, -0.25) is 9.59 Å². The van der Waals surface area contributed by atoms with Crippen LogP contribution in [-0.4, -0.2) is 30.8 Å². The van der Waals surface area contributed by atoms with Crippen LogP contribution in [0.1, 0.15) is 49.0 Å². The van der Waals surface area contributed by atoms with E-state index in [-0.39, 0.29) is 23.1 Å². The molecule has 130 valence electrons. The van der Waals surface area contributed by atoms with E-state index >= 15 is 0 Å². The molecule has 0 saturated heterocycles. The number of ether oxygens (including phenoxy) is 2. The van der Waals surface area contributed by atoms with Gasteiger partial charge in [0.2, 0.25) is 0 Å². The number of hydrogen-bond acceptors (Lipinski definition) is 4. The predicted molar refractivity (Wildman–Crippen MR) is 94.9 cm³/mol. The van der Waals surface area contributed by atoms with Gasteiger partial charge in [0.15, 0.2) is 5.78 Å². The second-order valence-corrected chi connectivity index (χ2v) is 8.32. The number of carbonyl (C=O) groups is 2. The molecular formula is C19H23BrO4. The first-order valence-electron chi connectivity index (χ1n) is 8.25. The molecule has 1 aromatic rings. The second kappa shape index (κ2) is 5.87. The molecule has 0 radical (unpaired) electrons. The van der Waals surface area contributed by atoms with Crippen molar-refractivity contribution < 1.29 is 19.1 Å². The van der Waals surface area contributed by atoms with Crippen LogP contribution in [0.4, 0.5) is 0 Å². The van der Waals surface area contributed by atoms with Gasteiger partial charge in [-0.2, -0.15) is 0 Å². The highest BCUT2D eigenvalue weighted by Crippen LogP contribution is 2.59. The van der Waals surface area contributed by atoms with Crippen LogP contribution in [0.3, 0.4) is 0 Å². The van der Waals surface area contributed by atoms with E-state index in [0.29, 0.717) is 0 Å². The van der Waals surface area contributed by atoms with Crippen LogP contribution in [0.5, 0.6) is 5.75 Å². The summed E-state index contributed by atoms with van der Waals surface area (Å²) in [7, 11) is 3.04. The zero-order chi connectivity index (χ0) is 17.7. The summed E-state index contributed by atoms with van der Waals surface area (Å²) in [5.41, 5.74) is 0.743. The van der Waals surface area contributed by atoms with E-state index in [0.717, 1.165) is 36.1 Å². The van der Waals surface area contributed by atoms with Crippen molar-refractivity contribution in [1.29, 1.82) is 0 Å². The van der Waals surface area contributed by atoms with Crippen LogP contribution in [0.25, 0.3) is 0 Å². The number of alkyl halides is 1. The van der Waals surface area contributed by atoms with E-state index < -0.39 is 10.2 Å². The molecule has 0 aliphatic heterocycles. The van der Waals surface area contributed by atoms with Crippen molar-refractivity contribution in [2.45, 2.75) is 43.4 Å². The third-order valence-corrected chi connectivity index (χ3v) is 7.01. The molecule has 3 rings (SSSR count). The Balaban J connectivity index is 2.23. The number of ketones is 1. The lowest BCUT2D eigenvalue weighted by molar-refractivity contribution is -0.160. The van der Waals surface area contributed by atoms with Gasteiger partial charge in [-0.15, -0.1) is 0 Å². The van der Waals surface area contributed by atoms with Gasteiger partial charge in [0.25, 0.3) is 0 Å². The molecule has 0 bridgehead atoms. The summed E-state index contributed by atoms with van der Waals surface area (Å²) in [6.07, 6.45) is 2.58. The van der Waals surface area contributed by atoms with Crippen LogP contribution < -0.4 is 4.74 Å². The quantitative estimate of drug-likeness (QED) is 0.563. The molecule has 1 saturated carbocycles. The molecule has 1 aromatic carbocycles. The SMILES string of the molecule is COC(=O)[C@@]1(C)CCC[C@]2(C)c3cc(OC)ccc3C(=O)[C@H](Br)C12. The van der Waals surface area contributed by atoms with E-state index in [4.69, 9.17) is 9.47 Å². The first kappa shape index (κ1) is 17.5. The molecule has 4 nitrogen and oxygen atoms in total. The Morgan fingerprint density at radius 3 is 2.58 bits per heavy atom. The molecule has 0 spiro atoms. The summed E-state index contributed by atoms with van der Waals surface area (Å²) in [5, 5.41) is 0. The fourth-order valence-electron chi connectivity index (χ4n) is 4.88. The predicted octanol–water partition coefficient (Wildman–Crippen LogP) is 3.89. The molecule has 24 heavy (non-hydrogen) atoms. The van der Waals surface area contributed by atoms with Crippen LogP contribution in [0.15, 0.2) is 18.2 Å². The molecule has 2 aliphatic rings. The van der Waals surface area contributed by atoms with E-state index in [2.05, 4.69) is 22.9 Å². The van der Waals surface area contributed by atoms with Crippen molar-refractivity contribution in [3.63, 3.8) is 0 Å². The van der Waals surface area contributed by atoms with Crippen molar-refractivity contribution in [2.24, 2.45) is 11.3 Å². The number of esters is 1. The first-order valence-corrected chi connectivity index (χ1v) is 9.16. The number of Topliss-reactive ketones (excluding diaryl/α,β-unsaturated/α-hetero) is 1. The van der Waals surface area contributed by atoms with Crippen LogP contribution in [0, 0.1) is 11.3 Å². The molecule has 2 aliphatic carbocycles. The summed E-state index contributed by atoms with van der Waals surface area (Å²) in [4.78, 5) is 25.2. The Bertz CT molecular complexity index is 701. The van der Waals surface area contributed by atoms with Crippen molar-refractivity contribution in [3.8, 4) is 5.75 Å². The third-order valence-electron chi connectivity index (χ3n) is 6.07. The van der Waals surface area contributed by atoms with Crippen molar-refractivity contribution in [1.82, 2.24) is 0 Å². The smallest absolute Gasteiger partial charge is 0.311 e. The highest BCUT2D eigenvalue weighted by molar-refractivity contribution is 9.10. The maximum Gasteiger partial charge on any atom is 0.311 e. The fraction of sp³-hybridized carbons (Fsp3) is 0.579. The Kier molecular flexibility index (Phi) is 4.27. The average molecular weight is 395 g/mol. The van der Waals surface area contributed by atoms with E-state index in [1.807, 2.05) is 25.1 Å². The normalized spacial score (nSPS) is 35.0. The van der Waals surface area contributed by atoms with Gasteiger partial charge in [0.1, 0.15) is 5.75 Å². The Labute approximate surface area is 151 Å². The van der Waals surface area contributed by atoms with E-state index in [9.17, 15) is 9.59 Å². The number of hydrogen-bond donors (Lipinski definition) is 0. The molecule has 0 amide bonds. The topological polar surface area (TPSA) is 52.6 Å². The lowest BCUT2D eigenvalue weighted by atomic mass is 9.49. The summed E-state index contributed by atoms with van der Waals surface area (Å²) in [6, 6.07) is 5.63. The van der Waals surface area contributed by atoms with E-state index in [1.54, 1.807) is 7.11 Å². The fourth-order valence-corrected chi connectivity index (χ4v) is 6.30. The lowest BCUT2D eigenvalue weighted by Crippen LogP contribution is -2.58. The van der Waals surface area contributed by atoms with Crippen LogP contribution in [0.2, 0.25) is 0 Å². The minimum absolute atomic E-state index is 0.0344. The largest absolute Gasteiger partial charge is 0.497 e. The van der Waals surface area contributed by atoms with Gasteiger partial charge >= 0.3 is 5.97 Å². The average Bonchev–Trinajstić information content (AvgIpc) is 2.58. The number of methoxy groups -OCH3 is 2. The van der Waals surface area contributed by atoms with Crippen LogP contribution >= 0.6 is 15.9 Å². The number of benzene rings is 1. The standard InChI is InChI=1S/C19H23BrO4/c1-18-8-5-9-19(2,17(22)24-4)16(18)14(20)15(21)12-7-6-11(23-3)10-13(12)18/h6-7,10,14,16H,5,8-9H2,1-4H3/t14-,16?,18+,19-/m0/s1. The highest BCUT2D eigenvalue weighted by atomic mass is 79.9. The number of rotatable bonds is 2. The van der Waals surface area contributed by atoms with Gasteiger partial charge in [-0.05, 0) is 48.9 Å². The Hall–Kier alpha value is -1.36. The molecular weight excluding hydrogens is 372 g/mol. The minimum Gasteiger partial charge on any atom is -0.497 e. The number of halogens is 1. The number of fused-ring (bicyclic) bond motifs is 3. The maximum absolute atomic E-state index is 13.0. The molecule has 0 N–H and O–H groups in total. The zero-order valence-corrected chi connectivity index (χ0v) is 16.1. The summed E-state index contributed by atoms with van der Waals surface area (Å²) >= 11 is 3.62. The molecule has 0 heterocycles. The van der Waals surface area contributed by atoms with Gasteiger partial charge in [0.05, 0.1) is 24.5 Å². The zero-order valence-electron chi connectivity index (χ0n) is 14.5. The molecule has 4 atom stereocenters. The van der Waals surface area contributed by atoms with Gasteiger partial charge in [-0.25, -0.2) is 0 Å². The lowest BCUT2D eigenvalue weighted by Gasteiger charge is -2.55. The van der Waals surface area contributed by atoms with Crippen molar-refractivity contribution in [3.05, 3.63) is 29.3 Å².